The Balaban J connectivity index is 1.71. The van der Waals surface area contributed by atoms with Gasteiger partial charge in [-0.3, -0.25) is 0 Å². The molecule has 11 heteroatoms. The third kappa shape index (κ3) is 6.02. The zero-order valence-electron chi connectivity index (χ0n) is 24.5. The lowest BCUT2D eigenvalue weighted by Gasteiger charge is -2.35. The summed E-state index contributed by atoms with van der Waals surface area (Å²) in [5.74, 6) is 1.42. The smallest absolute Gasteiger partial charge is 0.281 e. The third-order valence-corrected chi connectivity index (χ3v) is 9.82. The molecule has 4 rings (SSSR count). The topological polar surface area (TPSA) is 90.7 Å². The van der Waals surface area contributed by atoms with E-state index in [9.17, 15) is 13.5 Å². The first-order chi connectivity index (χ1) is 19.1. The summed E-state index contributed by atoms with van der Waals surface area (Å²) in [5.41, 5.74) is 2.05. The van der Waals surface area contributed by atoms with Crippen LogP contribution in [0.15, 0.2) is 42.6 Å². The van der Waals surface area contributed by atoms with Gasteiger partial charge in [0.25, 0.3) is 10.2 Å². The van der Waals surface area contributed by atoms with Crippen molar-refractivity contribution in [2.75, 3.05) is 79.5 Å². The highest BCUT2D eigenvalue weighted by molar-refractivity contribution is 7.86. The highest BCUT2D eigenvalue weighted by atomic mass is 32.2. The lowest BCUT2D eigenvalue weighted by Crippen LogP contribution is -2.46. The Kier molecular flexibility index (Phi) is 9.50. The van der Waals surface area contributed by atoms with Gasteiger partial charge in [0.1, 0.15) is 0 Å². The van der Waals surface area contributed by atoms with Gasteiger partial charge in [-0.2, -0.15) is 17.0 Å². The number of hydrogen-bond acceptors (Lipinski definition) is 7. The summed E-state index contributed by atoms with van der Waals surface area (Å²) in [7, 11) is 4.34. The number of anilines is 1. The zero-order chi connectivity index (χ0) is 29.0. The van der Waals surface area contributed by atoms with Crippen LogP contribution < -0.4 is 14.4 Å². The van der Waals surface area contributed by atoms with Crippen LogP contribution in [-0.4, -0.2) is 106 Å². The van der Waals surface area contributed by atoms with E-state index < -0.39 is 10.2 Å². The van der Waals surface area contributed by atoms with Crippen molar-refractivity contribution in [1.29, 1.82) is 0 Å². The summed E-state index contributed by atoms with van der Waals surface area (Å²) < 4.78 is 40.7. The molecular weight excluding hydrogens is 530 g/mol. The molecule has 1 saturated heterocycles. The number of aromatic nitrogens is 1. The van der Waals surface area contributed by atoms with Crippen LogP contribution in [0.1, 0.15) is 31.4 Å². The molecule has 3 aromatic rings. The molecule has 1 N–H and O–H groups in total. The fraction of sp³-hybridized carbons (Fsp3) is 0.517. The fourth-order valence-electron chi connectivity index (χ4n) is 5.47. The number of rotatable bonds is 12. The van der Waals surface area contributed by atoms with Crippen molar-refractivity contribution in [1.82, 2.24) is 18.1 Å². The number of benzene rings is 2. The summed E-state index contributed by atoms with van der Waals surface area (Å²) >= 11 is 0. The number of methoxy groups -OCH3 is 2. The molecule has 0 amide bonds. The number of ether oxygens (including phenoxy) is 2. The molecule has 0 radical (unpaired) electrons. The maximum absolute atomic E-state index is 12.6. The Hall–Kier alpha value is -2.99. The molecule has 2 aromatic carbocycles. The second-order valence-electron chi connectivity index (χ2n) is 10.4. The Bertz CT molecular complexity index is 1400. The molecule has 0 spiro atoms. The zero-order valence-corrected chi connectivity index (χ0v) is 25.3. The Morgan fingerprint density at radius 1 is 0.975 bits per heavy atom. The second-order valence-corrected chi connectivity index (χ2v) is 12.7. The summed E-state index contributed by atoms with van der Waals surface area (Å²) in [6.45, 7) is 7.48. The van der Waals surface area contributed by atoms with E-state index in [0.717, 1.165) is 54.7 Å². The van der Waals surface area contributed by atoms with E-state index in [2.05, 4.69) is 22.8 Å². The van der Waals surface area contributed by atoms with Crippen LogP contribution in [0.2, 0.25) is 0 Å². The molecule has 10 nitrogen and oxygen atoms in total. The number of likely N-dealkylation sites (N-methyl/N-ethyl adjacent to an activating group) is 1. The maximum Gasteiger partial charge on any atom is 0.281 e. The summed E-state index contributed by atoms with van der Waals surface area (Å²) in [5, 5.41) is 13.3. The van der Waals surface area contributed by atoms with Crippen LogP contribution >= 0.6 is 0 Å². The molecule has 1 aliphatic heterocycles. The molecule has 1 aliphatic rings. The van der Waals surface area contributed by atoms with Gasteiger partial charge < -0.3 is 28.9 Å². The number of nitrogens with zero attached hydrogens (tertiary/aromatic N) is 5. The molecule has 0 unspecified atom stereocenters. The molecule has 220 valence electrons. The van der Waals surface area contributed by atoms with E-state index in [1.807, 2.05) is 41.1 Å². The van der Waals surface area contributed by atoms with E-state index in [0.29, 0.717) is 30.9 Å². The van der Waals surface area contributed by atoms with Crippen molar-refractivity contribution >= 4 is 26.7 Å². The monoisotopic (exact) mass is 573 g/mol. The number of aromatic hydroxyl groups is 1. The Morgan fingerprint density at radius 3 is 2.30 bits per heavy atom. The number of hydrogen-bond donors (Lipinski definition) is 1. The van der Waals surface area contributed by atoms with Crippen LogP contribution in [0, 0.1) is 0 Å². The normalized spacial score (nSPS) is 15.8. The molecular formula is C29H43N5O5S. The number of fused-ring (bicyclic) bond motifs is 1. The first kappa shape index (κ1) is 30.0. The van der Waals surface area contributed by atoms with Crippen LogP contribution in [0.3, 0.4) is 0 Å². The van der Waals surface area contributed by atoms with Crippen LogP contribution in [0.25, 0.3) is 10.8 Å². The van der Waals surface area contributed by atoms with Crippen molar-refractivity contribution in [2.45, 2.75) is 25.8 Å². The van der Waals surface area contributed by atoms with E-state index in [1.54, 1.807) is 21.3 Å². The molecule has 2 heterocycles. The van der Waals surface area contributed by atoms with E-state index in [1.165, 1.54) is 22.7 Å². The summed E-state index contributed by atoms with van der Waals surface area (Å²) in [4.78, 5) is 4.84. The predicted octanol–water partition coefficient (Wildman–Crippen LogP) is 3.61. The largest absolute Gasteiger partial charge is 0.494 e. The molecule has 1 atom stereocenters. The average Bonchev–Trinajstić information content (AvgIpc) is 3.30. The molecule has 0 saturated carbocycles. The second kappa shape index (κ2) is 12.7. The molecule has 0 aliphatic carbocycles. The van der Waals surface area contributed by atoms with E-state index >= 15 is 0 Å². The lowest BCUT2D eigenvalue weighted by molar-refractivity contribution is 0.271. The fourth-order valence-corrected chi connectivity index (χ4v) is 6.39. The maximum atomic E-state index is 12.6. The van der Waals surface area contributed by atoms with Gasteiger partial charge in [0, 0.05) is 76.5 Å². The van der Waals surface area contributed by atoms with Gasteiger partial charge in [-0.15, -0.1) is 0 Å². The highest BCUT2D eigenvalue weighted by Crippen LogP contribution is 2.40. The standard InChI is InChI=1S/C29H43N5O5S/c1-7-32-16-18-33(19-17-32)26-11-8-10-23-24(26)21-34(29(23)35)25(12-9-15-31(4)40(36,37)30(2)3)22-13-14-27(38-5)28(20-22)39-6/h8,10-11,13-14,20-21,25,35H,7,9,12,15-19H2,1-6H3/t25-/m1/s1. The van der Waals surface area contributed by atoms with Crippen molar-refractivity contribution < 1.29 is 23.0 Å². The van der Waals surface area contributed by atoms with Crippen LogP contribution in [-0.2, 0) is 10.2 Å². The van der Waals surface area contributed by atoms with Crippen LogP contribution in [0.4, 0.5) is 5.69 Å². The lowest BCUT2D eigenvalue weighted by atomic mass is 10.0. The number of piperazine rings is 1. The summed E-state index contributed by atoms with van der Waals surface area (Å²) in [6.07, 6.45) is 3.22. The summed E-state index contributed by atoms with van der Waals surface area (Å²) in [6, 6.07) is 11.6. The minimum atomic E-state index is -3.51. The van der Waals surface area contributed by atoms with Crippen molar-refractivity contribution in [2.24, 2.45) is 0 Å². The van der Waals surface area contributed by atoms with E-state index in [-0.39, 0.29) is 11.9 Å². The van der Waals surface area contributed by atoms with Gasteiger partial charge in [-0.05, 0) is 49.2 Å². The third-order valence-electron chi connectivity index (χ3n) is 7.93. The molecule has 1 aromatic heterocycles. The highest BCUT2D eigenvalue weighted by Gasteiger charge is 2.25. The minimum Gasteiger partial charge on any atom is -0.494 e. The van der Waals surface area contributed by atoms with Crippen molar-refractivity contribution in [3.05, 3.63) is 48.2 Å². The minimum absolute atomic E-state index is 0.193. The van der Waals surface area contributed by atoms with Crippen molar-refractivity contribution in [3.63, 3.8) is 0 Å². The van der Waals surface area contributed by atoms with Gasteiger partial charge in [-0.1, -0.05) is 19.1 Å². The van der Waals surface area contributed by atoms with Crippen LogP contribution in [0.5, 0.6) is 17.4 Å². The average molecular weight is 574 g/mol. The van der Waals surface area contributed by atoms with E-state index in [4.69, 9.17) is 9.47 Å². The first-order valence-corrected chi connectivity index (χ1v) is 15.2. The quantitative estimate of drug-likeness (QED) is 0.354. The van der Waals surface area contributed by atoms with Crippen molar-refractivity contribution in [3.8, 4) is 17.4 Å². The Morgan fingerprint density at radius 2 is 1.68 bits per heavy atom. The Labute approximate surface area is 238 Å². The SMILES string of the molecule is CCN1CCN(c2cccc3c(O)n([C@H](CCCN(C)S(=O)(=O)N(C)C)c4ccc(OC)c(OC)c4)cc23)CC1. The van der Waals surface area contributed by atoms with Gasteiger partial charge in [0.2, 0.25) is 0 Å². The first-order valence-electron chi connectivity index (χ1n) is 13.8. The van der Waals surface area contributed by atoms with Gasteiger partial charge in [0.05, 0.1) is 20.3 Å². The molecule has 40 heavy (non-hydrogen) atoms. The molecule has 0 bridgehead atoms. The van der Waals surface area contributed by atoms with Gasteiger partial charge in [-0.25, -0.2) is 0 Å². The van der Waals surface area contributed by atoms with Gasteiger partial charge in [0.15, 0.2) is 17.4 Å². The molecule has 1 fully saturated rings. The van der Waals surface area contributed by atoms with Gasteiger partial charge >= 0.3 is 0 Å². The predicted molar refractivity (Wildman–Crippen MR) is 160 cm³/mol.